The largest absolute Gasteiger partial charge is 0.481 e. The summed E-state index contributed by atoms with van der Waals surface area (Å²) in [5, 5.41) is 2.78. The number of aryl methyl sites for hydroxylation is 1. The number of hydrogen-bond donors (Lipinski definition) is 1. The van der Waals surface area contributed by atoms with Gasteiger partial charge in [0.25, 0.3) is 5.91 Å². The van der Waals surface area contributed by atoms with Gasteiger partial charge < -0.3 is 24.4 Å². The first-order valence-electron chi connectivity index (χ1n) is 9.57. The summed E-state index contributed by atoms with van der Waals surface area (Å²) in [7, 11) is 1.32. The van der Waals surface area contributed by atoms with Crippen molar-refractivity contribution in [1.82, 2.24) is 0 Å². The van der Waals surface area contributed by atoms with E-state index in [0.29, 0.717) is 30.2 Å². The summed E-state index contributed by atoms with van der Waals surface area (Å²) in [5.41, 5.74) is 2.68. The molecule has 2 aromatic carbocycles. The van der Waals surface area contributed by atoms with Gasteiger partial charge in [-0.25, -0.2) is 4.79 Å². The average Bonchev–Trinajstić information content (AvgIpc) is 2.75. The van der Waals surface area contributed by atoms with E-state index in [-0.39, 0.29) is 5.91 Å². The molecule has 1 amide bonds. The van der Waals surface area contributed by atoms with Crippen LogP contribution >= 0.6 is 0 Å². The summed E-state index contributed by atoms with van der Waals surface area (Å²) < 4.78 is 16.0. The van der Waals surface area contributed by atoms with Gasteiger partial charge in [0.2, 0.25) is 0 Å². The molecule has 3 rings (SSSR count). The third-order valence-corrected chi connectivity index (χ3v) is 4.75. The normalized spacial score (nSPS) is 14.8. The van der Waals surface area contributed by atoms with E-state index in [0.717, 1.165) is 24.3 Å². The molecule has 1 atom stereocenters. The quantitative estimate of drug-likeness (QED) is 0.754. The number of nitrogens with one attached hydrogen (secondary N) is 1. The van der Waals surface area contributed by atoms with Crippen LogP contribution in [0.2, 0.25) is 0 Å². The maximum absolute atomic E-state index is 12.6. The van der Waals surface area contributed by atoms with Gasteiger partial charge in [-0.3, -0.25) is 4.79 Å². The topological polar surface area (TPSA) is 77.1 Å². The predicted molar refractivity (Wildman–Crippen MR) is 111 cm³/mol. The molecule has 7 nitrogen and oxygen atoms in total. The summed E-state index contributed by atoms with van der Waals surface area (Å²) in [6, 6.07) is 12.8. The Morgan fingerprint density at radius 1 is 1.10 bits per heavy atom. The average molecular weight is 398 g/mol. The van der Waals surface area contributed by atoms with E-state index in [9.17, 15) is 9.59 Å². The summed E-state index contributed by atoms with van der Waals surface area (Å²) >= 11 is 0. The SMILES string of the molecule is COC(=O)c1cc(N2CCOCC2)ccc1NC(=O)[C@H](C)Oc1ccc(C)cc1. The fourth-order valence-electron chi connectivity index (χ4n) is 3.05. The lowest BCUT2D eigenvalue weighted by Gasteiger charge is -2.29. The second-order valence-electron chi connectivity index (χ2n) is 6.88. The van der Waals surface area contributed by atoms with Gasteiger partial charge in [-0.2, -0.15) is 0 Å². The lowest BCUT2D eigenvalue weighted by atomic mass is 10.1. The highest BCUT2D eigenvalue weighted by molar-refractivity contribution is 6.03. The molecule has 0 unspecified atom stereocenters. The van der Waals surface area contributed by atoms with E-state index in [2.05, 4.69) is 10.2 Å². The third kappa shape index (κ3) is 5.26. The number of methoxy groups -OCH3 is 1. The monoisotopic (exact) mass is 398 g/mol. The minimum Gasteiger partial charge on any atom is -0.481 e. The zero-order valence-corrected chi connectivity index (χ0v) is 16.9. The first-order chi connectivity index (χ1) is 14.0. The number of anilines is 2. The van der Waals surface area contributed by atoms with Crippen LogP contribution in [0.4, 0.5) is 11.4 Å². The van der Waals surface area contributed by atoms with Crippen molar-refractivity contribution in [1.29, 1.82) is 0 Å². The number of benzene rings is 2. The maximum Gasteiger partial charge on any atom is 0.340 e. The molecule has 0 radical (unpaired) electrons. The number of ether oxygens (including phenoxy) is 3. The number of carbonyl (C=O) groups is 2. The van der Waals surface area contributed by atoms with Crippen LogP contribution in [0, 0.1) is 6.92 Å². The van der Waals surface area contributed by atoms with Gasteiger partial charge in [0.05, 0.1) is 31.6 Å². The number of nitrogens with zero attached hydrogens (tertiary/aromatic N) is 1. The van der Waals surface area contributed by atoms with Crippen molar-refractivity contribution in [3.05, 3.63) is 53.6 Å². The van der Waals surface area contributed by atoms with E-state index in [1.807, 2.05) is 37.3 Å². The molecule has 7 heteroatoms. The number of morpholine rings is 1. The number of rotatable bonds is 6. The zero-order chi connectivity index (χ0) is 20.8. The lowest BCUT2D eigenvalue weighted by Crippen LogP contribution is -2.36. The molecule has 1 aliphatic rings. The Labute approximate surface area is 170 Å². The summed E-state index contributed by atoms with van der Waals surface area (Å²) in [4.78, 5) is 27.0. The molecule has 1 saturated heterocycles. The smallest absolute Gasteiger partial charge is 0.340 e. The molecule has 0 aliphatic carbocycles. The first-order valence-corrected chi connectivity index (χ1v) is 9.57. The van der Waals surface area contributed by atoms with Crippen LogP contribution in [-0.2, 0) is 14.3 Å². The standard InChI is InChI=1S/C22H26N2O5/c1-15-4-7-18(8-5-15)29-16(2)21(25)23-20-9-6-17(14-19(20)22(26)27-3)24-10-12-28-13-11-24/h4-9,14,16H,10-13H2,1-3H3,(H,23,25)/t16-/m0/s1. The molecule has 2 aromatic rings. The zero-order valence-electron chi connectivity index (χ0n) is 16.9. The molecule has 1 N–H and O–H groups in total. The Hall–Kier alpha value is -3.06. The van der Waals surface area contributed by atoms with Crippen LogP contribution in [-0.4, -0.2) is 51.4 Å². The molecule has 0 spiro atoms. The van der Waals surface area contributed by atoms with Crippen LogP contribution in [0.15, 0.2) is 42.5 Å². The van der Waals surface area contributed by atoms with Gasteiger partial charge in [-0.1, -0.05) is 17.7 Å². The van der Waals surface area contributed by atoms with Crippen molar-refractivity contribution >= 4 is 23.3 Å². The Bertz CT molecular complexity index is 860. The van der Waals surface area contributed by atoms with E-state index in [1.165, 1.54) is 7.11 Å². The van der Waals surface area contributed by atoms with E-state index in [1.54, 1.807) is 19.1 Å². The van der Waals surface area contributed by atoms with Gasteiger partial charge >= 0.3 is 5.97 Å². The van der Waals surface area contributed by atoms with E-state index < -0.39 is 12.1 Å². The van der Waals surface area contributed by atoms with Crippen LogP contribution in [0.5, 0.6) is 5.75 Å². The van der Waals surface area contributed by atoms with Gasteiger partial charge in [0.15, 0.2) is 6.10 Å². The molecule has 0 saturated carbocycles. The van der Waals surface area contributed by atoms with Crippen molar-refractivity contribution in [3.63, 3.8) is 0 Å². The van der Waals surface area contributed by atoms with Gasteiger partial charge in [0, 0.05) is 18.8 Å². The highest BCUT2D eigenvalue weighted by Crippen LogP contribution is 2.25. The number of hydrogen-bond acceptors (Lipinski definition) is 6. The van der Waals surface area contributed by atoms with Gasteiger partial charge in [0.1, 0.15) is 5.75 Å². The number of amides is 1. The Morgan fingerprint density at radius 3 is 2.45 bits per heavy atom. The van der Waals surface area contributed by atoms with Crippen molar-refractivity contribution < 1.29 is 23.8 Å². The van der Waals surface area contributed by atoms with Crippen molar-refractivity contribution in [2.24, 2.45) is 0 Å². The fourth-order valence-corrected chi connectivity index (χ4v) is 3.05. The number of esters is 1. The van der Waals surface area contributed by atoms with Gasteiger partial charge in [-0.15, -0.1) is 0 Å². The minimum atomic E-state index is -0.734. The highest BCUT2D eigenvalue weighted by atomic mass is 16.5. The molecule has 1 aliphatic heterocycles. The summed E-state index contributed by atoms with van der Waals surface area (Å²) in [5.74, 6) is -0.258. The summed E-state index contributed by atoms with van der Waals surface area (Å²) in [6.45, 7) is 6.41. The second kappa shape index (κ2) is 9.43. The molecule has 1 fully saturated rings. The molecule has 1 heterocycles. The van der Waals surface area contributed by atoms with Crippen LogP contribution in [0.25, 0.3) is 0 Å². The Balaban J connectivity index is 1.74. The molecule has 29 heavy (non-hydrogen) atoms. The minimum absolute atomic E-state index is 0.298. The molecular formula is C22H26N2O5. The van der Waals surface area contributed by atoms with Crippen molar-refractivity contribution in [2.45, 2.75) is 20.0 Å². The fraction of sp³-hybridized carbons (Fsp3) is 0.364. The highest BCUT2D eigenvalue weighted by Gasteiger charge is 2.21. The molecule has 0 aromatic heterocycles. The molecular weight excluding hydrogens is 372 g/mol. The first kappa shape index (κ1) is 20.7. The van der Waals surface area contributed by atoms with Crippen molar-refractivity contribution in [2.75, 3.05) is 43.6 Å². The van der Waals surface area contributed by atoms with E-state index >= 15 is 0 Å². The van der Waals surface area contributed by atoms with Crippen LogP contribution < -0.4 is 15.0 Å². The van der Waals surface area contributed by atoms with Crippen LogP contribution in [0.3, 0.4) is 0 Å². The van der Waals surface area contributed by atoms with Crippen molar-refractivity contribution in [3.8, 4) is 5.75 Å². The molecule has 154 valence electrons. The van der Waals surface area contributed by atoms with E-state index in [4.69, 9.17) is 14.2 Å². The lowest BCUT2D eigenvalue weighted by molar-refractivity contribution is -0.122. The maximum atomic E-state index is 12.6. The number of carbonyl (C=O) groups excluding carboxylic acids is 2. The Kier molecular flexibility index (Phi) is 6.72. The second-order valence-corrected chi connectivity index (χ2v) is 6.88. The predicted octanol–water partition coefficient (Wildman–Crippen LogP) is 3.02. The summed E-state index contributed by atoms with van der Waals surface area (Å²) in [6.07, 6.45) is -0.734. The third-order valence-electron chi connectivity index (χ3n) is 4.75. The molecule has 0 bridgehead atoms. The van der Waals surface area contributed by atoms with Gasteiger partial charge in [-0.05, 0) is 44.2 Å². The van der Waals surface area contributed by atoms with Crippen LogP contribution in [0.1, 0.15) is 22.8 Å². The Morgan fingerprint density at radius 2 is 1.79 bits per heavy atom.